The van der Waals surface area contributed by atoms with Crippen LogP contribution in [0.2, 0.25) is 5.02 Å². The fourth-order valence-corrected chi connectivity index (χ4v) is 3.66. The van der Waals surface area contributed by atoms with E-state index in [9.17, 15) is 22.8 Å². The summed E-state index contributed by atoms with van der Waals surface area (Å²) in [7, 11) is 0. The molecule has 0 aliphatic heterocycles. The number of H-pyrrole nitrogens is 1. The zero-order valence-corrected chi connectivity index (χ0v) is 17.3. The topological polar surface area (TPSA) is 126 Å². The average Bonchev–Trinajstić information content (AvgIpc) is 3.42. The van der Waals surface area contributed by atoms with Crippen LogP contribution in [0, 0.1) is 0 Å². The van der Waals surface area contributed by atoms with Crippen LogP contribution in [0.25, 0.3) is 11.0 Å². The molecule has 14 heteroatoms. The van der Waals surface area contributed by atoms with Gasteiger partial charge in [-0.25, -0.2) is 19.9 Å². The van der Waals surface area contributed by atoms with Crippen LogP contribution in [-0.4, -0.2) is 36.7 Å². The Labute approximate surface area is 186 Å². The second-order valence-electron chi connectivity index (χ2n) is 6.26. The number of anilines is 1. The standard InChI is InChI=1S/C18H11ClF3N7O2S/c19-10-4-24-12(3-9(10)18(20,21)22)29-16(30)11-5-25-13(32-11)6-26-17(31)14-8-1-2-23-15(8)28-7-27-14/h1-5,7H,6H2,(H,26,31)(H,23,27,28)(H,24,29,30). The van der Waals surface area contributed by atoms with E-state index in [1.165, 1.54) is 12.5 Å². The molecular weight excluding hydrogens is 471 g/mol. The van der Waals surface area contributed by atoms with Gasteiger partial charge in [0.05, 0.1) is 28.7 Å². The predicted octanol–water partition coefficient (Wildman–Crippen LogP) is 3.66. The number of aromatic amines is 1. The number of alkyl halides is 3. The Morgan fingerprint density at radius 2 is 1.94 bits per heavy atom. The van der Waals surface area contributed by atoms with E-state index in [1.807, 2.05) is 0 Å². The van der Waals surface area contributed by atoms with Gasteiger partial charge in [0, 0.05) is 12.4 Å². The molecular formula is C18H11ClF3N7O2S. The number of halogens is 4. The summed E-state index contributed by atoms with van der Waals surface area (Å²) < 4.78 is 38.9. The highest BCUT2D eigenvalue weighted by atomic mass is 35.5. The summed E-state index contributed by atoms with van der Waals surface area (Å²) in [5.74, 6) is -1.47. The zero-order valence-electron chi connectivity index (χ0n) is 15.7. The highest BCUT2D eigenvalue weighted by Gasteiger charge is 2.34. The van der Waals surface area contributed by atoms with Gasteiger partial charge in [-0.05, 0) is 12.1 Å². The smallest absolute Gasteiger partial charge is 0.346 e. The molecule has 4 rings (SSSR count). The molecule has 32 heavy (non-hydrogen) atoms. The van der Waals surface area contributed by atoms with Gasteiger partial charge < -0.3 is 15.6 Å². The van der Waals surface area contributed by atoms with Gasteiger partial charge in [-0.3, -0.25) is 9.59 Å². The molecule has 0 saturated carbocycles. The molecule has 0 aromatic carbocycles. The van der Waals surface area contributed by atoms with Crippen LogP contribution in [0.15, 0.2) is 37.1 Å². The number of pyridine rings is 1. The van der Waals surface area contributed by atoms with E-state index in [-0.39, 0.29) is 22.9 Å². The molecule has 0 fully saturated rings. The lowest BCUT2D eigenvalue weighted by Gasteiger charge is -2.10. The van der Waals surface area contributed by atoms with Crippen LogP contribution in [-0.2, 0) is 12.7 Å². The molecule has 4 aromatic rings. The first kappa shape index (κ1) is 21.6. The van der Waals surface area contributed by atoms with Crippen molar-refractivity contribution in [1.82, 2.24) is 30.2 Å². The number of rotatable bonds is 5. The molecule has 0 unspecified atom stereocenters. The van der Waals surface area contributed by atoms with E-state index in [4.69, 9.17) is 11.6 Å². The van der Waals surface area contributed by atoms with Crippen LogP contribution in [0.4, 0.5) is 19.0 Å². The molecule has 4 aromatic heterocycles. The summed E-state index contributed by atoms with van der Waals surface area (Å²) in [5.41, 5.74) is -0.415. The van der Waals surface area contributed by atoms with E-state index in [0.717, 1.165) is 17.5 Å². The summed E-state index contributed by atoms with van der Waals surface area (Å²) in [4.78, 5) is 43.5. The molecule has 0 bridgehead atoms. The van der Waals surface area contributed by atoms with Gasteiger partial charge in [-0.1, -0.05) is 11.6 Å². The molecule has 164 valence electrons. The van der Waals surface area contributed by atoms with Gasteiger partial charge in [0.2, 0.25) is 0 Å². The number of carbonyl (C=O) groups is 2. The van der Waals surface area contributed by atoms with Crippen molar-refractivity contribution in [2.24, 2.45) is 0 Å². The molecule has 4 heterocycles. The third-order valence-corrected chi connectivity index (χ3v) is 5.45. The Morgan fingerprint density at radius 3 is 2.72 bits per heavy atom. The molecule has 0 aliphatic rings. The number of thiazole rings is 1. The number of amides is 2. The van der Waals surface area contributed by atoms with E-state index < -0.39 is 28.6 Å². The minimum Gasteiger partial charge on any atom is -0.346 e. The number of aromatic nitrogens is 5. The average molecular weight is 482 g/mol. The van der Waals surface area contributed by atoms with Crippen molar-refractivity contribution in [1.29, 1.82) is 0 Å². The van der Waals surface area contributed by atoms with Gasteiger partial charge >= 0.3 is 6.18 Å². The van der Waals surface area contributed by atoms with Crippen molar-refractivity contribution in [2.75, 3.05) is 5.32 Å². The van der Waals surface area contributed by atoms with Gasteiger partial charge in [-0.2, -0.15) is 13.2 Å². The molecule has 0 aliphatic carbocycles. The van der Waals surface area contributed by atoms with Crippen LogP contribution >= 0.6 is 22.9 Å². The van der Waals surface area contributed by atoms with Crippen molar-refractivity contribution in [3.05, 3.63) is 63.2 Å². The molecule has 0 atom stereocenters. The molecule has 9 nitrogen and oxygen atoms in total. The van der Waals surface area contributed by atoms with Crippen molar-refractivity contribution in [2.45, 2.75) is 12.7 Å². The number of hydrogen-bond acceptors (Lipinski definition) is 7. The fourth-order valence-electron chi connectivity index (χ4n) is 2.69. The van der Waals surface area contributed by atoms with Crippen molar-refractivity contribution >= 4 is 51.6 Å². The maximum atomic E-state index is 13.0. The van der Waals surface area contributed by atoms with Gasteiger partial charge in [-0.15, -0.1) is 11.3 Å². The Kier molecular flexibility index (Phi) is 5.76. The van der Waals surface area contributed by atoms with Crippen molar-refractivity contribution in [3.8, 4) is 0 Å². The third-order valence-electron chi connectivity index (χ3n) is 4.15. The normalized spacial score (nSPS) is 11.5. The van der Waals surface area contributed by atoms with Crippen molar-refractivity contribution in [3.63, 3.8) is 0 Å². The monoisotopic (exact) mass is 481 g/mol. The molecule has 0 radical (unpaired) electrons. The fraction of sp³-hybridized carbons (Fsp3) is 0.111. The van der Waals surface area contributed by atoms with Crippen LogP contribution < -0.4 is 10.6 Å². The summed E-state index contributed by atoms with van der Waals surface area (Å²) in [6.45, 7) is 0.0180. The SMILES string of the molecule is O=C(Nc1cc(C(F)(F)F)c(Cl)cn1)c1cnc(CNC(=O)c2ncnc3[nH]ccc23)s1. The van der Waals surface area contributed by atoms with E-state index in [2.05, 4.69) is 35.6 Å². The maximum absolute atomic E-state index is 13.0. The van der Waals surface area contributed by atoms with Crippen LogP contribution in [0.3, 0.4) is 0 Å². The van der Waals surface area contributed by atoms with E-state index >= 15 is 0 Å². The summed E-state index contributed by atoms with van der Waals surface area (Å²) >= 11 is 6.48. The Bertz CT molecular complexity index is 1320. The first-order valence-electron chi connectivity index (χ1n) is 8.77. The van der Waals surface area contributed by atoms with Crippen molar-refractivity contribution < 1.29 is 22.8 Å². The lowest BCUT2D eigenvalue weighted by Crippen LogP contribution is -2.24. The Hall–Kier alpha value is -3.58. The highest BCUT2D eigenvalue weighted by molar-refractivity contribution is 7.13. The van der Waals surface area contributed by atoms with Crippen LogP contribution in [0.5, 0.6) is 0 Å². The first-order chi connectivity index (χ1) is 15.2. The number of fused-ring (bicyclic) bond motifs is 1. The highest BCUT2D eigenvalue weighted by Crippen LogP contribution is 2.35. The summed E-state index contributed by atoms with van der Waals surface area (Å²) in [5, 5.41) is 5.31. The Balaban J connectivity index is 1.41. The Morgan fingerprint density at radius 1 is 1.12 bits per heavy atom. The molecule has 0 saturated heterocycles. The number of nitrogens with one attached hydrogen (secondary N) is 3. The first-order valence-corrected chi connectivity index (χ1v) is 9.97. The van der Waals surface area contributed by atoms with E-state index in [1.54, 1.807) is 12.3 Å². The zero-order chi connectivity index (χ0) is 22.9. The summed E-state index contributed by atoms with van der Waals surface area (Å²) in [6, 6.07) is 2.32. The van der Waals surface area contributed by atoms with Gasteiger partial charge in [0.1, 0.15) is 33.4 Å². The number of hydrogen-bond donors (Lipinski definition) is 3. The lowest BCUT2D eigenvalue weighted by atomic mass is 10.2. The largest absolute Gasteiger partial charge is 0.418 e. The third kappa shape index (κ3) is 4.53. The molecule has 3 N–H and O–H groups in total. The molecule has 2 amide bonds. The second-order valence-corrected chi connectivity index (χ2v) is 7.79. The quantitative estimate of drug-likeness (QED) is 0.399. The van der Waals surface area contributed by atoms with Crippen LogP contribution in [0.1, 0.15) is 30.7 Å². The molecule has 0 spiro atoms. The number of carbonyl (C=O) groups excluding carboxylic acids is 2. The minimum absolute atomic E-state index is 0.0180. The predicted molar refractivity (Wildman–Crippen MR) is 109 cm³/mol. The minimum atomic E-state index is -4.69. The van der Waals surface area contributed by atoms with Gasteiger partial charge in [0.25, 0.3) is 11.8 Å². The lowest BCUT2D eigenvalue weighted by molar-refractivity contribution is -0.137. The number of nitrogens with zero attached hydrogens (tertiary/aromatic N) is 4. The van der Waals surface area contributed by atoms with E-state index in [0.29, 0.717) is 22.1 Å². The maximum Gasteiger partial charge on any atom is 0.418 e. The second kappa shape index (κ2) is 8.51. The summed E-state index contributed by atoms with van der Waals surface area (Å²) in [6.07, 6.45) is 0.258. The van der Waals surface area contributed by atoms with Gasteiger partial charge in [0.15, 0.2) is 0 Å².